The predicted molar refractivity (Wildman–Crippen MR) is 81.0 cm³/mol. The zero-order chi connectivity index (χ0) is 15.4. The number of nitrogens with zero attached hydrogens (tertiary/aromatic N) is 5. The zero-order valence-corrected chi connectivity index (χ0v) is 12.2. The average Bonchev–Trinajstić information content (AvgIpc) is 3.15. The van der Waals surface area contributed by atoms with Crippen LogP contribution < -0.4 is 5.32 Å². The second-order valence-electron chi connectivity index (χ2n) is 5.06. The largest absolute Gasteiger partial charge is 0.469 e. The second-order valence-corrected chi connectivity index (χ2v) is 5.06. The van der Waals surface area contributed by atoms with Crippen LogP contribution >= 0.6 is 0 Å². The molecule has 0 saturated carbocycles. The summed E-state index contributed by atoms with van der Waals surface area (Å²) in [5.41, 5.74) is 0.734. The molecule has 3 aromatic rings. The highest BCUT2D eigenvalue weighted by molar-refractivity contribution is 5.86. The lowest BCUT2D eigenvalue weighted by atomic mass is 10.2. The monoisotopic (exact) mass is 296 g/mol. The van der Waals surface area contributed by atoms with Gasteiger partial charge in [-0.15, -0.1) is 0 Å². The molecule has 0 unspecified atom stereocenters. The summed E-state index contributed by atoms with van der Waals surface area (Å²) in [6.07, 6.45) is 6.08. The summed E-state index contributed by atoms with van der Waals surface area (Å²) in [4.78, 5) is 8.56. The smallest absolute Gasteiger partial charge is 0.163 e. The molecule has 0 aromatic carbocycles. The van der Waals surface area contributed by atoms with E-state index in [2.05, 4.69) is 33.4 Å². The number of anilines is 1. The Labute approximate surface area is 127 Å². The molecule has 3 aromatic heterocycles. The Hall–Kier alpha value is -2.88. The third-order valence-corrected chi connectivity index (χ3v) is 3.34. The van der Waals surface area contributed by atoms with E-state index in [1.165, 1.54) is 6.33 Å². The normalized spacial score (nSPS) is 12.2. The molecule has 0 saturated heterocycles. The van der Waals surface area contributed by atoms with Gasteiger partial charge in [0.15, 0.2) is 5.65 Å². The Bertz CT molecular complexity index is 786. The van der Waals surface area contributed by atoms with E-state index in [1.807, 2.05) is 12.1 Å². The second kappa shape index (κ2) is 6.26. The molecule has 0 radical (unpaired) electrons. The summed E-state index contributed by atoms with van der Waals surface area (Å²) in [6, 6.07) is 6.10. The maximum atomic E-state index is 8.69. The molecule has 0 spiro atoms. The van der Waals surface area contributed by atoms with Crippen LogP contribution in [0.25, 0.3) is 11.0 Å². The number of hydrogen-bond donors (Lipinski definition) is 1. The minimum atomic E-state index is 0.159. The van der Waals surface area contributed by atoms with E-state index < -0.39 is 0 Å². The molecule has 0 aliphatic carbocycles. The molecule has 0 aliphatic heterocycles. The summed E-state index contributed by atoms with van der Waals surface area (Å²) < 4.78 is 7.08. The van der Waals surface area contributed by atoms with Crippen LogP contribution in [0.5, 0.6) is 0 Å². The first kappa shape index (κ1) is 14.1. The molecule has 1 N–H and O–H groups in total. The molecule has 3 rings (SSSR count). The number of aryl methyl sites for hydroxylation is 1. The van der Waals surface area contributed by atoms with Crippen molar-refractivity contribution in [3.05, 3.63) is 36.7 Å². The van der Waals surface area contributed by atoms with Gasteiger partial charge in [0.25, 0.3) is 0 Å². The number of furan rings is 1. The van der Waals surface area contributed by atoms with Gasteiger partial charge in [-0.1, -0.05) is 0 Å². The van der Waals surface area contributed by atoms with Gasteiger partial charge >= 0.3 is 0 Å². The van der Waals surface area contributed by atoms with Crippen LogP contribution in [0.2, 0.25) is 0 Å². The molecule has 112 valence electrons. The lowest BCUT2D eigenvalue weighted by molar-refractivity contribution is 0.497. The maximum absolute atomic E-state index is 8.69. The average molecular weight is 296 g/mol. The highest BCUT2D eigenvalue weighted by atomic mass is 16.3. The highest BCUT2D eigenvalue weighted by Crippen LogP contribution is 2.20. The van der Waals surface area contributed by atoms with Gasteiger partial charge in [-0.25, -0.2) is 14.6 Å². The van der Waals surface area contributed by atoms with Crippen molar-refractivity contribution in [1.82, 2.24) is 19.7 Å². The van der Waals surface area contributed by atoms with Crippen molar-refractivity contribution >= 4 is 16.9 Å². The third-order valence-electron chi connectivity index (χ3n) is 3.34. The molecule has 0 amide bonds. The Balaban J connectivity index is 1.79. The van der Waals surface area contributed by atoms with Crippen molar-refractivity contribution < 1.29 is 4.42 Å². The molecule has 7 nitrogen and oxygen atoms in total. The first-order valence-corrected chi connectivity index (χ1v) is 7.10. The minimum absolute atomic E-state index is 0.159. The molecular formula is C15H16N6O. The number of nitrogens with one attached hydrogen (secondary N) is 1. The van der Waals surface area contributed by atoms with Gasteiger partial charge in [-0.3, -0.25) is 0 Å². The fourth-order valence-corrected chi connectivity index (χ4v) is 2.34. The lowest BCUT2D eigenvalue weighted by Crippen LogP contribution is -2.18. The molecule has 0 aliphatic rings. The van der Waals surface area contributed by atoms with Crippen molar-refractivity contribution in [1.29, 1.82) is 5.26 Å². The minimum Gasteiger partial charge on any atom is -0.469 e. The van der Waals surface area contributed by atoms with Gasteiger partial charge in [0.2, 0.25) is 0 Å². The SMILES string of the molecule is C[C@H](Cc1ccco1)Nc1ncnc2c1cnn2CCC#N. The van der Waals surface area contributed by atoms with Crippen molar-refractivity contribution in [2.75, 3.05) is 5.32 Å². The van der Waals surface area contributed by atoms with Crippen molar-refractivity contribution in [3.8, 4) is 6.07 Å². The van der Waals surface area contributed by atoms with E-state index in [9.17, 15) is 0 Å². The van der Waals surface area contributed by atoms with Gasteiger partial charge in [0.05, 0.1) is 36.9 Å². The fraction of sp³-hybridized carbons (Fsp3) is 0.333. The van der Waals surface area contributed by atoms with E-state index in [-0.39, 0.29) is 6.04 Å². The molecule has 0 bridgehead atoms. The van der Waals surface area contributed by atoms with Gasteiger partial charge in [-0.05, 0) is 19.1 Å². The fourth-order valence-electron chi connectivity index (χ4n) is 2.34. The van der Waals surface area contributed by atoms with E-state index in [1.54, 1.807) is 17.1 Å². The summed E-state index contributed by atoms with van der Waals surface area (Å²) in [5.74, 6) is 1.67. The Morgan fingerprint density at radius 1 is 1.45 bits per heavy atom. The number of rotatable bonds is 6. The Kier molecular flexibility index (Phi) is 4.01. The quantitative estimate of drug-likeness (QED) is 0.750. The van der Waals surface area contributed by atoms with Crippen LogP contribution in [0, 0.1) is 11.3 Å². The van der Waals surface area contributed by atoms with E-state index in [0.29, 0.717) is 13.0 Å². The summed E-state index contributed by atoms with van der Waals surface area (Å²) in [6.45, 7) is 2.59. The van der Waals surface area contributed by atoms with Crippen LogP contribution in [-0.2, 0) is 13.0 Å². The van der Waals surface area contributed by atoms with Gasteiger partial charge in [-0.2, -0.15) is 10.4 Å². The maximum Gasteiger partial charge on any atom is 0.163 e. The third kappa shape index (κ3) is 2.91. The van der Waals surface area contributed by atoms with E-state index in [4.69, 9.17) is 9.68 Å². The van der Waals surface area contributed by atoms with Crippen molar-refractivity contribution in [2.24, 2.45) is 0 Å². The van der Waals surface area contributed by atoms with Crippen molar-refractivity contribution in [2.45, 2.75) is 32.4 Å². The summed E-state index contributed by atoms with van der Waals surface area (Å²) in [7, 11) is 0. The molecular weight excluding hydrogens is 280 g/mol. The number of aromatic nitrogens is 4. The standard InChI is InChI=1S/C15H16N6O/c1-11(8-12-4-2-7-22-12)20-14-13-9-19-21(6-3-5-16)15(13)18-10-17-14/h2,4,7,9-11H,3,6,8H2,1H3,(H,17,18,20)/t11-/m1/s1. The molecule has 3 heterocycles. The first-order valence-electron chi connectivity index (χ1n) is 7.10. The Morgan fingerprint density at radius 2 is 2.36 bits per heavy atom. The topological polar surface area (TPSA) is 92.6 Å². The highest BCUT2D eigenvalue weighted by Gasteiger charge is 2.12. The zero-order valence-electron chi connectivity index (χ0n) is 12.2. The first-order chi connectivity index (χ1) is 10.8. The molecule has 7 heteroatoms. The Morgan fingerprint density at radius 3 is 3.14 bits per heavy atom. The summed E-state index contributed by atoms with van der Waals surface area (Å²) in [5, 5.41) is 17.2. The number of hydrogen-bond acceptors (Lipinski definition) is 6. The van der Waals surface area contributed by atoms with Crippen LogP contribution in [0.15, 0.2) is 35.3 Å². The molecule has 1 atom stereocenters. The van der Waals surface area contributed by atoms with Crippen molar-refractivity contribution in [3.63, 3.8) is 0 Å². The number of nitriles is 1. The van der Waals surface area contributed by atoms with Crippen LogP contribution in [0.3, 0.4) is 0 Å². The number of fused-ring (bicyclic) bond motifs is 1. The van der Waals surface area contributed by atoms with Crippen LogP contribution in [0.1, 0.15) is 19.1 Å². The van der Waals surface area contributed by atoms with Crippen LogP contribution in [-0.4, -0.2) is 25.8 Å². The molecule has 0 fully saturated rings. The lowest BCUT2D eigenvalue weighted by Gasteiger charge is -2.13. The summed E-state index contributed by atoms with van der Waals surface area (Å²) >= 11 is 0. The predicted octanol–water partition coefficient (Wildman–Crippen LogP) is 2.38. The van der Waals surface area contributed by atoms with Gasteiger partial charge < -0.3 is 9.73 Å². The van der Waals surface area contributed by atoms with E-state index >= 15 is 0 Å². The molecule has 22 heavy (non-hydrogen) atoms. The van der Waals surface area contributed by atoms with Crippen LogP contribution in [0.4, 0.5) is 5.82 Å². The van der Waals surface area contributed by atoms with Gasteiger partial charge in [0, 0.05) is 12.5 Å². The van der Waals surface area contributed by atoms with E-state index in [0.717, 1.165) is 29.0 Å². The van der Waals surface area contributed by atoms with Gasteiger partial charge in [0.1, 0.15) is 17.9 Å².